The molecule has 0 aliphatic rings. The van der Waals surface area contributed by atoms with Crippen LogP contribution in [0.25, 0.3) is 11.5 Å². The molecular weight excluding hydrogens is 386 g/mol. The van der Waals surface area contributed by atoms with Gasteiger partial charge in [0.15, 0.2) is 5.78 Å². The lowest BCUT2D eigenvalue weighted by atomic mass is 10.1. The Bertz CT molecular complexity index is 995. The predicted octanol–water partition coefficient (Wildman–Crippen LogP) is 5.00. The third-order valence-electron chi connectivity index (χ3n) is 4.31. The molecule has 1 heterocycles. The van der Waals surface area contributed by atoms with Gasteiger partial charge < -0.3 is 9.73 Å². The number of benzene rings is 2. The molecule has 150 valence electrons. The van der Waals surface area contributed by atoms with Crippen molar-refractivity contribution in [1.29, 1.82) is 0 Å². The van der Waals surface area contributed by atoms with Crippen molar-refractivity contribution in [3.63, 3.8) is 0 Å². The van der Waals surface area contributed by atoms with Crippen LogP contribution in [0.3, 0.4) is 0 Å². The number of Topliss-reactive ketones (excluding diaryl/α,β-unsaturated/α-hetero) is 1. The molecule has 1 aromatic heterocycles. The maximum Gasteiger partial charge on any atom is 0.277 e. The molecule has 7 heteroatoms. The zero-order valence-corrected chi connectivity index (χ0v) is 17.6. The molecule has 0 saturated heterocycles. The topological polar surface area (TPSA) is 85.1 Å². The summed E-state index contributed by atoms with van der Waals surface area (Å²) in [6, 6.07) is 14.7. The summed E-state index contributed by atoms with van der Waals surface area (Å²) in [7, 11) is 0. The van der Waals surface area contributed by atoms with Crippen molar-refractivity contribution in [3.8, 4) is 11.5 Å². The lowest BCUT2D eigenvalue weighted by molar-refractivity contribution is -0.118. The van der Waals surface area contributed by atoms with Crippen molar-refractivity contribution in [1.82, 2.24) is 10.2 Å². The Kier molecular flexibility index (Phi) is 6.49. The molecule has 1 atom stereocenters. The first-order valence-corrected chi connectivity index (χ1v) is 10.2. The number of aryl methyl sites for hydroxylation is 1. The highest BCUT2D eigenvalue weighted by Gasteiger charge is 2.20. The molecule has 0 aliphatic carbocycles. The average Bonchev–Trinajstić information content (AvgIpc) is 3.16. The molecule has 0 saturated carbocycles. The normalized spacial score (nSPS) is 12.0. The molecule has 1 amide bonds. The van der Waals surface area contributed by atoms with Gasteiger partial charge in [-0.3, -0.25) is 9.59 Å². The van der Waals surface area contributed by atoms with Gasteiger partial charge in [0, 0.05) is 22.7 Å². The second kappa shape index (κ2) is 9.05. The fourth-order valence-electron chi connectivity index (χ4n) is 2.51. The summed E-state index contributed by atoms with van der Waals surface area (Å²) < 4.78 is 5.69. The van der Waals surface area contributed by atoms with Crippen LogP contribution in [-0.4, -0.2) is 27.1 Å². The van der Waals surface area contributed by atoms with Crippen molar-refractivity contribution in [2.75, 3.05) is 5.32 Å². The number of thioether (sulfide) groups is 1. The minimum atomic E-state index is -0.391. The first-order chi connectivity index (χ1) is 13.8. The van der Waals surface area contributed by atoms with E-state index < -0.39 is 5.25 Å². The van der Waals surface area contributed by atoms with Gasteiger partial charge in [-0.2, -0.15) is 0 Å². The van der Waals surface area contributed by atoms with Crippen LogP contribution in [0.2, 0.25) is 0 Å². The van der Waals surface area contributed by atoms with Crippen LogP contribution in [0.5, 0.6) is 0 Å². The van der Waals surface area contributed by atoms with Crippen molar-refractivity contribution in [3.05, 3.63) is 59.7 Å². The molecule has 1 unspecified atom stereocenters. The average molecular weight is 410 g/mol. The SMILES string of the molecule is Cc1ccc(-c2nnc(SC(C)C(=O)c3ccc(NC(=O)C(C)C)cc3)o2)cc1. The number of hydrogen-bond acceptors (Lipinski definition) is 6. The zero-order valence-electron chi connectivity index (χ0n) is 16.8. The maximum absolute atomic E-state index is 12.7. The monoisotopic (exact) mass is 409 g/mol. The van der Waals surface area contributed by atoms with E-state index in [1.807, 2.05) is 45.0 Å². The third-order valence-corrected chi connectivity index (χ3v) is 5.25. The second-order valence-corrected chi connectivity index (χ2v) is 8.38. The van der Waals surface area contributed by atoms with E-state index >= 15 is 0 Å². The smallest absolute Gasteiger partial charge is 0.277 e. The summed E-state index contributed by atoms with van der Waals surface area (Å²) in [5.74, 6) is 0.213. The number of amides is 1. The fourth-order valence-corrected chi connectivity index (χ4v) is 3.27. The number of nitrogens with one attached hydrogen (secondary N) is 1. The van der Waals surface area contributed by atoms with Gasteiger partial charge in [0.05, 0.1) is 5.25 Å². The lowest BCUT2D eigenvalue weighted by Crippen LogP contribution is -2.18. The number of hydrogen-bond donors (Lipinski definition) is 1. The summed E-state index contributed by atoms with van der Waals surface area (Å²) in [6.07, 6.45) is 0. The van der Waals surface area contributed by atoms with Crippen LogP contribution in [-0.2, 0) is 4.79 Å². The highest BCUT2D eigenvalue weighted by molar-refractivity contribution is 8.00. The summed E-state index contributed by atoms with van der Waals surface area (Å²) in [5, 5.41) is 10.9. The molecule has 2 aromatic carbocycles. The Labute approximate surface area is 174 Å². The van der Waals surface area contributed by atoms with Gasteiger partial charge in [0.2, 0.25) is 11.8 Å². The van der Waals surface area contributed by atoms with E-state index in [1.54, 1.807) is 31.2 Å². The number of nitrogens with zero attached hydrogens (tertiary/aromatic N) is 2. The molecule has 0 radical (unpaired) electrons. The van der Waals surface area contributed by atoms with Crippen LogP contribution in [0.15, 0.2) is 58.2 Å². The van der Waals surface area contributed by atoms with Gasteiger partial charge in [-0.1, -0.05) is 43.3 Å². The number of rotatable bonds is 7. The Balaban J connectivity index is 1.63. The number of aromatic nitrogens is 2. The summed E-state index contributed by atoms with van der Waals surface area (Å²) in [5.41, 5.74) is 3.22. The molecule has 1 N–H and O–H groups in total. The van der Waals surface area contributed by atoms with E-state index in [0.717, 1.165) is 11.1 Å². The Hall–Kier alpha value is -2.93. The van der Waals surface area contributed by atoms with Crippen molar-refractivity contribution < 1.29 is 14.0 Å². The minimum absolute atomic E-state index is 0.0492. The minimum Gasteiger partial charge on any atom is -0.411 e. The van der Waals surface area contributed by atoms with Crippen LogP contribution in [0.1, 0.15) is 36.7 Å². The van der Waals surface area contributed by atoms with Crippen LogP contribution >= 0.6 is 11.8 Å². The van der Waals surface area contributed by atoms with Crippen LogP contribution in [0, 0.1) is 12.8 Å². The molecule has 3 aromatic rings. The van der Waals surface area contributed by atoms with E-state index in [1.165, 1.54) is 11.8 Å². The van der Waals surface area contributed by atoms with Gasteiger partial charge in [0.1, 0.15) is 0 Å². The Morgan fingerprint density at radius 2 is 1.62 bits per heavy atom. The molecule has 0 aliphatic heterocycles. The first-order valence-electron chi connectivity index (χ1n) is 9.36. The Morgan fingerprint density at radius 3 is 2.24 bits per heavy atom. The van der Waals surface area contributed by atoms with E-state index in [4.69, 9.17) is 4.42 Å². The molecule has 3 rings (SSSR count). The Morgan fingerprint density at radius 1 is 0.966 bits per heavy atom. The molecular formula is C22H23N3O3S. The van der Waals surface area contributed by atoms with Gasteiger partial charge in [-0.15, -0.1) is 10.2 Å². The van der Waals surface area contributed by atoms with Crippen molar-refractivity contribution in [2.24, 2.45) is 5.92 Å². The molecule has 0 bridgehead atoms. The summed E-state index contributed by atoms with van der Waals surface area (Å²) >= 11 is 1.22. The molecule has 0 spiro atoms. The summed E-state index contributed by atoms with van der Waals surface area (Å²) in [6.45, 7) is 7.47. The van der Waals surface area contributed by atoms with E-state index in [0.29, 0.717) is 22.4 Å². The highest BCUT2D eigenvalue weighted by atomic mass is 32.2. The maximum atomic E-state index is 12.7. The van der Waals surface area contributed by atoms with Crippen molar-refractivity contribution >= 4 is 29.1 Å². The predicted molar refractivity (Wildman–Crippen MR) is 114 cm³/mol. The third kappa shape index (κ3) is 5.32. The standard InChI is InChI=1S/C22H23N3O3S/c1-13(2)20(27)23-18-11-9-16(10-12-18)19(26)15(4)29-22-25-24-21(28-22)17-7-5-14(3)6-8-17/h5-13,15H,1-4H3,(H,23,27). The van der Waals surface area contributed by atoms with E-state index in [9.17, 15) is 9.59 Å². The van der Waals surface area contributed by atoms with Gasteiger partial charge >= 0.3 is 0 Å². The lowest BCUT2D eigenvalue weighted by Gasteiger charge is -2.10. The quantitative estimate of drug-likeness (QED) is 0.436. The molecule has 6 nitrogen and oxygen atoms in total. The van der Waals surface area contributed by atoms with E-state index in [2.05, 4.69) is 15.5 Å². The van der Waals surface area contributed by atoms with Crippen LogP contribution in [0.4, 0.5) is 5.69 Å². The second-order valence-electron chi connectivity index (χ2n) is 7.08. The number of carbonyl (C=O) groups excluding carboxylic acids is 2. The number of anilines is 1. The van der Waals surface area contributed by atoms with Gasteiger partial charge in [-0.25, -0.2) is 0 Å². The largest absolute Gasteiger partial charge is 0.411 e. The summed E-state index contributed by atoms with van der Waals surface area (Å²) in [4.78, 5) is 24.5. The highest BCUT2D eigenvalue weighted by Crippen LogP contribution is 2.28. The first kappa shape index (κ1) is 20.8. The molecule has 29 heavy (non-hydrogen) atoms. The van der Waals surface area contributed by atoms with E-state index in [-0.39, 0.29) is 17.6 Å². The van der Waals surface area contributed by atoms with Crippen molar-refractivity contribution in [2.45, 2.75) is 38.2 Å². The number of ketones is 1. The van der Waals surface area contributed by atoms with Gasteiger partial charge in [-0.05, 0) is 50.2 Å². The van der Waals surface area contributed by atoms with Crippen LogP contribution < -0.4 is 5.32 Å². The zero-order chi connectivity index (χ0) is 21.0. The van der Waals surface area contributed by atoms with Gasteiger partial charge in [0.25, 0.3) is 5.22 Å². The fraction of sp³-hybridized carbons (Fsp3) is 0.273. The number of carbonyl (C=O) groups is 2. The molecule has 0 fully saturated rings.